The van der Waals surface area contributed by atoms with Crippen molar-refractivity contribution in [2.24, 2.45) is 0 Å². The predicted octanol–water partition coefficient (Wildman–Crippen LogP) is 5.80. The number of ether oxygens (including phenoxy) is 1. The van der Waals surface area contributed by atoms with E-state index in [0.29, 0.717) is 33.7 Å². The summed E-state index contributed by atoms with van der Waals surface area (Å²) in [5.41, 5.74) is 2.70. The van der Waals surface area contributed by atoms with Gasteiger partial charge in [0.05, 0.1) is 35.1 Å². The second-order valence-electron chi connectivity index (χ2n) is 5.88. The van der Waals surface area contributed by atoms with E-state index in [4.69, 9.17) is 26.6 Å². The zero-order chi connectivity index (χ0) is 20.7. The maximum absolute atomic E-state index is 8.77. The third-order valence-electron chi connectivity index (χ3n) is 3.64. The van der Waals surface area contributed by atoms with Gasteiger partial charge in [0.2, 0.25) is 0 Å². The lowest BCUT2D eigenvalue weighted by Crippen LogP contribution is -2.09. The molecule has 2 N–H and O–H groups in total. The summed E-state index contributed by atoms with van der Waals surface area (Å²) in [7, 11) is 1.61. The molecule has 0 spiro atoms. The summed E-state index contributed by atoms with van der Waals surface area (Å²) in [6.07, 6.45) is 0. The van der Waals surface area contributed by atoms with Gasteiger partial charge in [-0.1, -0.05) is 25.4 Å². The number of hydrogen-bond acceptors (Lipinski definition) is 7. The lowest BCUT2D eigenvalue weighted by molar-refractivity contribution is 0.419. The molecule has 0 atom stereocenters. The molecule has 0 aliphatic rings. The summed E-state index contributed by atoms with van der Waals surface area (Å²) in [4.78, 5) is 9.29. The van der Waals surface area contributed by atoms with Crippen molar-refractivity contribution in [1.29, 1.82) is 5.26 Å². The molecule has 28 heavy (non-hydrogen) atoms. The highest BCUT2D eigenvalue weighted by atomic mass is 35.5. The minimum Gasteiger partial charge on any atom is -0.496 e. The smallest absolute Gasteiger partial charge is 0.183 e. The molecular weight excluding hydrogens is 394 g/mol. The molecule has 0 bridgehead atoms. The van der Waals surface area contributed by atoms with Crippen LogP contribution in [0.4, 0.5) is 10.8 Å². The minimum atomic E-state index is 0.165. The first kappa shape index (κ1) is 21.7. The van der Waals surface area contributed by atoms with Gasteiger partial charge in [0, 0.05) is 22.9 Å². The first-order chi connectivity index (χ1) is 13.5. The minimum absolute atomic E-state index is 0.165. The maximum atomic E-state index is 8.77. The summed E-state index contributed by atoms with van der Waals surface area (Å²) in [5, 5.41) is 19.1. The fraction of sp³-hybridized carbons (Fsp3) is 0.350. The molecule has 2 aromatic heterocycles. The van der Waals surface area contributed by atoms with Gasteiger partial charge in [0.25, 0.3) is 0 Å². The van der Waals surface area contributed by atoms with Crippen LogP contribution in [0.1, 0.15) is 27.7 Å². The number of methoxy groups -OCH3 is 1. The summed E-state index contributed by atoms with van der Waals surface area (Å²) in [6, 6.07) is 7.89. The van der Waals surface area contributed by atoms with E-state index in [1.54, 1.807) is 7.11 Å². The third-order valence-corrected chi connectivity index (χ3v) is 4.79. The van der Waals surface area contributed by atoms with Crippen molar-refractivity contribution < 1.29 is 4.74 Å². The molecule has 2 heterocycles. The molecular formula is C20H24ClN5OS. The van der Waals surface area contributed by atoms with Crippen molar-refractivity contribution >= 4 is 44.7 Å². The topological polar surface area (TPSA) is 82.9 Å². The molecule has 0 saturated heterocycles. The molecule has 6 nitrogen and oxygen atoms in total. The first-order valence-corrected chi connectivity index (χ1v) is 10.3. The predicted molar refractivity (Wildman–Crippen MR) is 119 cm³/mol. The molecule has 0 unspecified atom stereocenters. The normalized spacial score (nSPS) is 10.2. The Morgan fingerprint density at radius 2 is 2.00 bits per heavy atom. The largest absolute Gasteiger partial charge is 0.496 e. The number of fused-ring (bicyclic) bond motifs is 1. The molecule has 0 saturated carbocycles. The summed E-state index contributed by atoms with van der Waals surface area (Å²) in [6.45, 7) is 8.29. The second-order valence-corrected chi connectivity index (χ2v) is 7.12. The Balaban J connectivity index is 0.00000136. The average Bonchev–Trinajstić information content (AvgIpc) is 3.16. The highest BCUT2D eigenvalue weighted by Gasteiger charge is 2.15. The third kappa shape index (κ3) is 4.83. The fourth-order valence-electron chi connectivity index (χ4n) is 2.50. The quantitative estimate of drug-likeness (QED) is 0.493. The van der Waals surface area contributed by atoms with Crippen LogP contribution in [-0.2, 0) is 0 Å². The Kier molecular flexibility index (Phi) is 7.85. The van der Waals surface area contributed by atoms with Crippen LogP contribution in [0.5, 0.6) is 5.75 Å². The Morgan fingerprint density at radius 3 is 2.64 bits per heavy atom. The highest BCUT2D eigenvalue weighted by Crippen LogP contribution is 2.37. The lowest BCUT2D eigenvalue weighted by atomic mass is 10.1. The van der Waals surface area contributed by atoms with Crippen molar-refractivity contribution in [1.82, 2.24) is 9.97 Å². The van der Waals surface area contributed by atoms with Gasteiger partial charge in [-0.25, -0.2) is 9.97 Å². The van der Waals surface area contributed by atoms with Crippen LogP contribution >= 0.6 is 22.9 Å². The number of halogens is 1. The molecule has 8 heteroatoms. The Bertz CT molecular complexity index is 981. The van der Waals surface area contributed by atoms with E-state index in [1.165, 1.54) is 11.3 Å². The van der Waals surface area contributed by atoms with Gasteiger partial charge in [0.15, 0.2) is 5.13 Å². The standard InChI is InChI=1S/C18H18ClN5OS.C2H6/c1-10(2)22-18-24-14(9-26-18)13-8-15(25-3)11-4-5-12(21-7-6-20)16(19)17(11)23-13;1-2/h4-5,8-10,21H,7H2,1-3H3,(H,22,24);1-2H3. The van der Waals surface area contributed by atoms with E-state index < -0.39 is 0 Å². The van der Waals surface area contributed by atoms with E-state index >= 15 is 0 Å². The fourth-order valence-corrected chi connectivity index (χ4v) is 3.63. The van der Waals surface area contributed by atoms with Crippen molar-refractivity contribution in [2.45, 2.75) is 33.7 Å². The number of benzene rings is 1. The highest BCUT2D eigenvalue weighted by molar-refractivity contribution is 7.14. The summed E-state index contributed by atoms with van der Waals surface area (Å²) in [5.74, 6) is 0.671. The van der Waals surface area contributed by atoms with Crippen LogP contribution < -0.4 is 15.4 Å². The number of aromatic nitrogens is 2. The molecule has 0 amide bonds. The zero-order valence-electron chi connectivity index (χ0n) is 16.6. The molecule has 3 aromatic rings. The number of nitrogens with one attached hydrogen (secondary N) is 2. The van der Waals surface area contributed by atoms with Crippen LogP contribution in [0.25, 0.3) is 22.3 Å². The Morgan fingerprint density at radius 1 is 1.25 bits per heavy atom. The van der Waals surface area contributed by atoms with E-state index in [-0.39, 0.29) is 6.54 Å². The molecule has 0 radical (unpaired) electrons. The number of anilines is 2. The van der Waals surface area contributed by atoms with Gasteiger partial charge < -0.3 is 15.4 Å². The van der Waals surface area contributed by atoms with Gasteiger partial charge >= 0.3 is 0 Å². The van der Waals surface area contributed by atoms with Crippen LogP contribution in [0.15, 0.2) is 23.6 Å². The monoisotopic (exact) mass is 417 g/mol. The van der Waals surface area contributed by atoms with E-state index in [9.17, 15) is 0 Å². The summed E-state index contributed by atoms with van der Waals surface area (Å²) < 4.78 is 5.53. The van der Waals surface area contributed by atoms with Gasteiger partial charge in [0.1, 0.15) is 18.0 Å². The average molecular weight is 418 g/mol. The molecule has 0 aliphatic carbocycles. The van der Waals surface area contributed by atoms with E-state index in [0.717, 1.165) is 16.2 Å². The van der Waals surface area contributed by atoms with Crippen molar-refractivity contribution in [3.63, 3.8) is 0 Å². The van der Waals surface area contributed by atoms with Gasteiger partial charge in [-0.05, 0) is 26.0 Å². The van der Waals surface area contributed by atoms with Gasteiger partial charge in [-0.2, -0.15) is 5.26 Å². The van der Waals surface area contributed by atoms with Gasteiger partial charge in [-0.3, -0.25) is 0 Å². The lowest BCUT2D eigenvalue weighted by Gasteiger charge is -2.12. The van der Waals surface area contributed by atoms with Crippen LogP contribution in [0.3, 0.4) is 0 Å². The number of nitrogens with zero attached hydrogens (tertiary/aromatic N) is 3. The van der Waals surface area contributed by atoms with Crippen LogP contribution in [0, 0.1) is 11.3 Å². The van der Waals surface area contributed by atoms with Crippen LogP contribution in [0.2, 0.25) is 5.02 Å². The maximum Gasteiger partial charge on any atom is 0.183 e. The zero-order valence-corrected chi connectivity index (χ0v) is 18.2. The molecule has 148 valence electrons. The van der Waals surface area contributed by atoms with Crippen LogP contribution in [-0.4, -0.2) is 29.7 Å². The van der Waals surface area contributed by atoms with Crippen molar-refractivity contribution in [3.8, 4) is 23.2 Å². The Labute approximate surface area is 174 Å². The second kappa shape index (κ2) is 10.1. The molecule has 0 fully saturated rings. The number of hydrogen-bond donors (Lipinski definition) is 2. The SMILES string of the molecule is CC.COc1cc(-c2csc(NC(C)C)n2)nc2c(Cl)c(NCC#N)ccc12. The Hall–Kier alpha value is -2.56. The number of thiazole rings is 1. The first-order valence-electron chi connectivity index (χ1n) is 9.04. The molecule has 3 rings (SSSR count). The van der Waals surface area contributed by atoms with Crippen molar-refractivity contribution in [2.75, 3.05) is 24.3 Å². The summed E-state index contributed by atoms with van der Waals surface area (Å²) >= 11 is 8.05. The number of nitriles is 1. The molecule has 1 aromatic carbocycles. The molecule has 0 aliphatic heterocycles. The van der Waals surface area contributed by atoms with E-state index in [2.05, 4.69) is 29.5 Å². The van der Waals surface area contributed by atoms with Crippen molar-refractivity contribution in [3.05, 3.63) is 28.6 Å². The number of rotatable bonds is 6. The number of pyridine rings is 1. The van der Waals surface area contributed by atoms with E-state index in [1.807, 2.05) is 43.5 Å². The van der Waals surface area contributed by atoms with Gasteiger partial charge in [-0.15, -0.1) is 11.3 Å².